The molecule has 110 valence electrons. The Morgan fingerprint density at radius 3 is 2.86 bits per heavy atom. The van der Waals surface area contributed by atoms with Crippen LogP contribution in [0.25, 0.3) is 16.0 Å². The van der Waals surface area contributed by atoms with Crippen LogP contribution in [0.1, 0.15) is 26.3 Å². The Hall–Kier alpha value is -2.08. The molecule has 0 radical (unpaired) electrons. The highest BCUT2D eigenvalue weighted by molar-refractivity contribution is 7.15. The topological polar surface area (TPSA) is 55.6 Å². The Morgan fingerprint density at radius 2 is 2.14 bits per heavy atom. The van der Waals surface area contributed by atoms with Crippen LogP contribution in [0.3, 0.4) is 0 Å². The van der Waals surface area contributed by atoms with Crippen molar-refractivity contribution >= 4 is 39.1 Å². The summed E-state index contributed by atoms with van der Waals surface area (Å²) in [6, 6.07) is 3.91. The summed E-state index contributed by atoms with van der Waals surface area (Å²) in [7, 11) is 0. The van der Waals surface area contributed by atoms with Crippen molar-refractivity contribution in [3.05, 3.63) is 29.3 Å². The number of nitrogens with one attached hydrogen (secondary N) is 1. The predicted octanol–water partition coefficient (Wildman–Crippen LogP) is 4.20. The largest absolute Gasteiger partial charge is 0.444 e. The van der Waals surface area contributed by atoms with E-state index in [1.807, 2.05) is 55.8 Å². The molecule has 6 heteroatoms. The van der Waals surface area contributed by atoms with E-state index in [4.69, 9.17) is 4.74 Å². The molecule has 1 aromatic carbocycles. The van der Waals surface area contributed by atoms with Crippen molar-refractivity contribution in [1.82, 2.24) is 9.38 Å². The first kappa shape index (κ1) is 13.9. The van der Waals surface area contributed by atoms with Crippen molar-refractivity contribution in [1.29, 1.82) is 0 Å². The third-order valence-electron chi connectivity index (χ3n) is 3.02. The molecule has 0 spiro atoms. The first-order valence-corrected chi connectivity index (χ1v) is 7.57. The molecule has 21 heavy (non-hydrogen) atoms. The number of imidazole rings is 1. The van der Waals surface area contributed by atoms with Gasteiger partial charge in [-0.15, -0.1) is 11.3 Å². The van der Waals surface area contributed by atoms with Gasteiger partial charge in [0.05, 0.1) is 11.0 Å². The quantitative estimate of drug-likeness (QED) is 0.733. The number of rotatable bonds is 1. The lowest BCUT2D eigenvalue weighted by atomic mass is 10.1. The normalized spacial score (nSPS) is 12.0. The fourth-order valence-corrected chi connectivity index (χ4v) is 2.88. The number of hydrogen-bond acceptors (Lipinski definition) is 4. The molecule has 3 rings (SSSR count). The van der Waals surface area contributed by atoms with Crippen molar-refractivity contribution in [2.75, 3.05) is 5.32 Å². The molecule has 0 aliphatic rings. The fourth-order valence-electron chi connectivity index (χ4n) is 2.15. The van der Waals surface area contributed by atoms with E-state index >= 15 is 0 Å². The SMILES string of the molecule is Cc1cc2nc3sccn3c2cc1NC(=O)OC(C)(C)C. The number of anilines is 1. The molecule has 2 heterocycles. The molecule has 5 nitrogen and oxygen atoms in total. The summed E-state index contributed by atoms with van der Waals surface area (Å²) < 4.78 is 7.31. The molecule has 2 aromatic heterocycles. The number of aryl methyl sites for hydroxylation is 1. The molecule has 0 atom stereocenters. The van der Waals surface area contributed by atoms with Gasteiger partial charge in [0, 0.05) is 17.3 Å². The molecule has 3 aromatic rings. The zero-order valence-electron chi connectivity index (χ0n) is 12.4. The molecule has 0 saturated carbocycles. The van der Waals surface area contributed by atoms with Crippen LogP contribution in [0, 0.1) is 6.92 Å². The number of ether oxygens (including phenoxy) is 1. The highest BCUT2D eigenvalue weighted by Crippen LogP contribution is 2.26. The first-order chi connectivity index (χ1) is 9.83. The van der Waals surface area contributed by atoms with E-state index in [9.17, 15) is 4.79 Å². The molecule has 1 amide bonds. The van der Waals surface area contributed by atoms with Gasteiger partial charge in [0.1, 0.15) is 5.60 Å². The molecular formula is C15H17N3O2S. The lowest BCUT2D eigenvalue weighted by Crippen LogP contribution is -2.27. The van der Waals surface area contributed by atoms with Crippen LogP contribution >= 0.6 is 11.3 Å². The fraction of sp³-hybridized carbons (Fsp3) is 0.333. The van der Waals surface area contributed by atoms with Crippen LogP contribution in [-0.4, -0.2) is 21.1 Å². The van der Waals surface area contributed by atoms with Crippen molar-refractivity contribution in [3.63, 3.8) is 0 Å². The van der Waals surface area contributed by atoms with Crippen LogP contribution in [0.15, 0.2) is 23.7 Å². The number of fused-ring (bicyclic) bond motifs is 3. The van der Waals surface area contributed by atoms with E-state index in [1.54, 1.807) is 11.3 Å². The number of aromatic nitrogens is 2. The smallest absolute Gasteiger partial charge is 0.412 e. The third kappa shape index (κ3) is 2.71. The minimum atomic E-state index is -0.515. The van der Waals surface area contributed by atoms with E-state index in [0.29, 0.717) is 0 Å². The molecule has 0 aliphatic carbocycles. The summed E-state index contributed by atoms with van der Waals surface area (Å²) in [6.45, 7) is 7.47. The molecule has 0 bridgehead atoms. The maximum absolute atomic E-state index is 11.9. The minimum absolute atomic E-state index is 0.448. The Labute approximate surface area is 126 Å². The standard InChI is InChI=1S/C15H17N3O2S/c1-9-7-11-12(18-5-6-21-13(18)16-11)8-10(9)17-14(19)20-15(2,3)4/h5-8H,1-4H3,(H,17,19). The molecule has 0 aliphatic heterocycles. The summed E-state index contributed by atoms with van der Waals surface area (Å²) in [5.41, 5.74) is 3.08. The van der Waals surface area contributed by atoms with Gasteiger partial charge in [-0.1, -0.05) is 0 Å². The second-order valence-electron chi connectivity index (χ2n) is 5.95. The number of carbonyl (C=O) groups excluding carboxylic acids is 1. The van der Waals surface area contributed by atoms with Crippen molar-refractivity contribution in [2.24, 2.45) is 0 Å². The van der Waals surface area contributed by atoms with Gasteiger partial charge >= 0.3 is 6.09 Å². The number of thiazole rings is 1. The summed E-state index contributed by atoms with van der Waals surface area (Å²) in [5.74, 6) is 0. The third-order valence-corrected chi connectivity index (χ3v) is 3.78. The van der Waals surface area contributed by atoms with Gasteiger partial charge in [-0.25, -0.2) is 9.78 Å². The molecule has 0 saturated heterocycles. The van der Waals surface area contributed by atoms with Crippen LogP contribution in [0.5, 0.6) is 0 Å². The van der Waals surface area contributed by atoms with E-state index in [0.717, 1.165) is 27.2 Å². The van der Waals surface area contributed by atoms with Crippen molar-refractivity contribution in [2.45, 2.75) is 33.3 Å². The number of nitrogens with zero attached hydrogens (tertiary/aromatic N) is 2. The van der Waals surface area contributed by atoms with Crippen molar-refractivity contribution in [3.8, 4) is 0 Å². The summed E-state index contributed by atoms with van der Waals surface area (Å²) >= 11 is 1.59. The Bertz CT molecular complexity index is 827. The van der Waals surface area contributed by atoms with Crippen LogP contribution in [0.2, 0.25) is 0 Å². The zero-order chi connectivity index (χ0) is 15.2. The average molecular weight is 303 g/mol. The van der Waals surface area contributed by atoms with Gasteiger partial charge in [0.25, 0.3) is 0 Å². The Kier molecular flexibility index (Phi) is 3.13. The van der Waals surface area contributed by atoms with Gasteiger partial charge < -0.3 is 4.74 Å². The summed E-state index contributed by atoms with van der Waals surface area (Å²) in [4.78, 5) is 17.4. The minimum Gasteiger partial charge on any atom is -0.444 e. The van der Waals surface area contributed by atoms with Gasteiger partial charge in [-0.05, 0) is 45.4 Å². The Balaban J connectivity index is 1.98. The number of hydrogen-bond donors (Lipinski definition) is 1. The maximum atomic E-state index is 11.9. The second-order valence-corrected chi connectivity index (χ2v) is 6.82. The molecule has 0 unspecified atom stereocenters. The van der Waals surface area contributed by atoms with E-state index in [2.05, 4.69) is 10.3 Å². The van der Waals surface area contributed by atoms with Gasteiger partial charge in [0.15, 0.2) is 4.96 Å². The molecular weight excluding hydrogens is 286 g/mol. The van der Waals surface area contributed by atoms with Gasteiger partial charge in [0.2, 0.25) is 0 Å². The van der Waals surface area contributed by atoms with Crippen LogP contribution in [-0.2, 0) is 4.74 Å². The van der Waals surface area contributed by atoms with Crippen molar-refractivity contribution < 1.29 is 9.53 Å². The number of amides is 1. The Morgan fingerprint density at radius 1 is 1.38 bits per heavy atom. The monoisotopic (exact) mass is 303 g/mol. The van der Waals surface area contributed by atoms with Crippen LogP contribution < -0.4 is 5.32 Å². The maximum Gasteiger partial charge on any atom is 0.412 e. The second kappa shape index (κ2) is 4.73. The van der Waals surface area contributed by atoms with E-state index in [-0.39, 0.29) is 0 Å². The van der Waals surface area contributed by atoms with Crippen LogP contribution in [0.4, 0.5) is 10.5 Å². The average Bonchev–Trinajstić information content (AvgIpc) is 2.88. The van der Waals surface area contributed by atoms with Gasteiger partial charge in [-0.2, -0.15) is 0 Å². The lowest BCUT2D eigenvalue weighted by Gasteiger charge is -2.20. The van der Waals surface area contributed by atoms with E-state index in [1.165, 1.54) is 0 Å². The number of carbonyl (C=O) groups is 1. The first-order valence-electron chi connectivity index (χ1n) is 6.69. The molecule has 1 N–H and O–H groups in total. The highest BCUT2D eigenvalue weighted by Gasteiger charge is 2.17. The summed E-state index contributed by atoms with van der Waals surface area (Å²) in [6.07, 6.45) is 1.53. The zero-order valence-corrected chi connectivity index (χ0v) is 13.2. The number of benzene rings is 1. The summed E-state index contributed by atoms with van der Waals surface area (Å²) in [5, 5.41) is 4.80. The molecule has 0 fully saturated rings. The van der Waals surface area contributed by atoms with Gasteiger partial charge in [-0.3, -0.25) is 9.72 Å². The lowest BCUT2D eigenvalue weighted by molar-refractivity contribution is 0.0636. The predicted molar refractivity (Wildman–Crippen MR) is 85.2 cm³/mol. The van der Waals surface area contributed by atoms with E-state index < -0.39 is 11.7 Å². The highest BCUT2D eigenvalue weighted by atomic mass is 32.1.